The summed E-state index contributed by atoms with van der Waals surface area (Å²) in [6, 6.07) is 11.3. The summed E-state index contributed by atoms with van der Waals surface area (Å²) in [4.78, 5) is 35.8. The van der Waals surface area contributed by atoms with Crippen LogP contribution in [0.1, 0.15) is 24.2 Å². The number of hydrogen-bond donors (Lipinski definition) is 2. The highest BCUT2D eigenvalue weighted by atomic mass is 16.5. The van der Waals surface area contributed by atoms with E-state index in [0.717, 1.165) is 0 Å². The molecule has 1 unspecified atom stereocenters. The second kappa shape index (κ2) is 9.40. The summed E-state index contributed by atoms with van der Waals surface area (Å²) in [5, 5.41) is 5.27. The van der Waals surface area contributed by atoms with E-state index in [1.54, 1.807) is 36.4 Å². The predicted octanol–water partition coefficient (Wildman–Crippen LogP) is 2.85. The van der Waals surface area contributed by atoms with Crippen molar-refractivity contribution in [3.63, 3.8) is 0 Å². The zero-order chi connectivity index (χ0) is 20.7. The number of carbonyl (C=O) groups excluding carboxylic acids is 3. The zero-order valence-corrected chi connectivity index (χ0v) is 16.1. The number of carbonyl (C=O) groups is 3. The molecule has 2 N–H and O–H groups in total. The van der Waals surface area contributed by atoms with E-state index < -0.39 is 18.0 Å². The second-order valence-electron chi connectivity index (χ2n) is 5.86. The van der Waals surface area contributed by atoms with Crippen LogP contribution in [-0.2, 0) is 14.3 Å². The lowest BCUT2D eigenvalue weighted by atomic mass is 10.2. The maximum absolute atomic E-state index is 12.4. The first-order chi connectivity index (χ1) is 13.3. The van der Waals surface area contributed by atoms with E-state index in [2.05, 4.69) is 10.6 Å². The molecule has 148 valence electrons. The van der Waals surface area contributed by atoms with Crippen LogP contribution in [0.5, 0.6) is 11.5 Å². The van der Waals surface area contributed by atoms with E-state index in [1.165, 1.54) is 34.1 Å². The molecule has 0 radical (unpaired) electrons. The van der Waals surface area contributed by atoms with Crippen LogP contribution in [0.4, 0.5) is 11.4 Å². The van der Waals surface area contributed by atoms with Gasteiger partial charge in [-0.2, -0.15) is 0 Å². The molecule has 2 amide bonds. The Morgan fingerprint density at radius 1 is 0.893 bits per heavy atom. The molecule has 0 aliphatic carbocycles. The Bertz CT molecular complexity index is 863. The number of hydrogen-bond acceptors (Lipinski definition) is 6. The first-order valence-corrected chi connectivity index (χ1v) is 8.45. The number of benzene rings is 2. The van der Waals surface area contributed by atoms with Crippen LogP contribution in [0.3, 0.4) is 0 Å². The third-order valence-electron chi connectivity index (χ3n) is 3.75. The summed E-state index contributed by atoms with van der Waals surface area (Å²) in [5.74, 6) is -0.622. The molecular formula is C20H22N2O6. The van der Waals surface area contributed by atoms with Crippen LogP contribution in [0.2, 0.25) is 0 Å². The van der Waals surface area contributed by atoms with Gasteiger partial charge in [-0.1, -0.05) is 0 Å². The normalized spacial score (nSPS) is 11.1. The van der Waals surface area contributed by atoms with Gasteiger partial charge in [0.1, 0.15) is 17.1 Å². The molecule has 2 aromatic rings. The number of ether oxygens (including phenoxy) is 3. The SMILES string of the molecule is COc1ccc(OC)c(C(=O)OC(C)C(=O)Nc2ccc(NC(C)=O)cc2)c1. The van der Waals surface area contributed by atoms with Gasteiger partial charge in [-0.3, -0.25) is 9.59 Å². The van der Waals surface area contributed by atoms with E-state index in [-0.39, 0.29) is 11.5 Å². The molecule has 0 aliphatic heterocycles. The lowest BCUT2D eigenvalue weighted by molar-refractivity contribution is -0.123. The number of rotatable bonds is 7. The van der Waals surface area contributed by atoms with Crippen molar-refractivity contribution in [2.24, 2.45) is 0 Å². The molecule has 0 spiro atoms. The van der Waals surface area contributed by atoms with Gasteiger partial charge in [0.15, 0.2) is 6.10 Å². The van der Waals surface area contributed by atoms with Gasteiger partial charge >= 0.3 is 5.97 Å². The van der Waals surface area contributed by atoms with Gasteiger partial charge in [0.25, 0.3) is 5.91 Å². The van der Waals surface area contributed by atoms with Crippen molar-refractivity contribution in [1.82, 2.24) is 0 Å². The largest absolute Gasteiger partial charge is 0.497 e. The molecule has 2 aromatic carbocycles. The van der Waals surface area contributed by atoms with E-state index in [9.17, 15) is 14.4 Å². The fourth-order valence-corrected chi connectivity index (χ4v) is 2.34. The Balaban J connectivity index is 2.02. The maximum Gasteiger partial charge on any atom is 0.342 e. The number of nitrogens with one attached hydrogen (secondary N) is 2. The molecule has 28 heavy (non-hydrogen) atoms. The summed E-state index contributed by atoms with van der Waals surface area (Å²) in [5.41, 5.74) is 1.26. The Morgan fingerprint density at radius 2 is 1.50 bits per heavy atom. The van der Waals surface area contributed by atoms with Crippen molar-refractivity contribution in [3.05, 3.63) is 48.0 Å². The van der Waals surface area contributed by atoms with Crippen LogP contribution < -0.4 is 20.1 Å². The lowest BCUT2D eigenvalue weighted by Crippen LogP contribution is -2.30. The molecular weight excluding hydrogens is 364 g/mol. The monoisotopic (exact) mass is 386 g/mol. The standard InChI is InChI=1S/C20H22N2O6/c1-12(19(24)22-15-7-5-14(6-8-15)21-13(2)23)28-20(25)17-11-16(26-3)9-10-18(17)27-4/h5-12H,1-4H3,(H,21,23)(H,22,24). The Hall–Kier alpha value is -3.55. The third-order valence-corrected chi connectivity index (χ3v) is 3.75. The molecule has 8 heteroatoms. The zero-order valence-electron chi connectivity index (χ0n) is 16.1. The molecule has 0 aromatic heterocycles. The molecule has 0 saturated carbocycles. The molecule has 0 aliphatic rings. The summed E-state index contributed by atoms with van der Waals surface area (Å²) < 4.78 is 15.5. The minimum absolute atomic E-state index is 0.154. The first kappa shape index (κ1) is 20.8. The Labute approximate surface area is 162 Å². The van der Waals surface area contributed by atoms with E-state index >= 15 is 0 Å². The molecule has 0 fully saturated rings. The highest BCUT2D eigenvalue weighted by Gasteiger charge is 2.22. The average Bonchev–Trinajstić information content (AvgIpc) is 2.68. The fraction of sp³-hybridized carbons (Fsp3) is 0.250. The average molecular weight is 386 g/mol. The number of methoxy groups -OCH3 is 2. The number of esters is 1. The highest BCUT2D eigenvalue weighted by molar-refractivity contribution is 5.98. The van der Waals surface area contributed by atoms with Gasteiger partial charge in [0.2, 0.25) is 5.91 Å². The van der Waals surface area contributed by atoms with Crippen molar-refractivity contribution in [2.75, 3.05) is 24.9 Å². The Kier molecular flexibility index (Phi) is 6.97. The molecule has 0 saturated heterocycles. The van der Waals surface area contributed by atoms with Crippen LogP contribution >= 0.6 is 0 Å². The van der Waals surface area contributed by atoms with Crippen molar-refractivity contribution in [1.29, 1.82) is 0 Å². The highest BCUT2D eigenvalue weighted by Crippen LogP contribution is 2.25. The van der Waals surface area contributed by atoms with Gasteiger partial charge in [0.05, 0.1) is 14.2 Å². The van der Waals surface area contributed by atoms with Crippen molar-refractivity contribution < 1.29 is 28.6 Å². The topological polar surface area (TPSA) is 103 Å². The van der Waals surface area contributed by atoms with Gasteiger partial charge in [-0.05, 0) is 49.4 Å². The lowest BCUT2D eigenvalue weighted by Gasteiger charge is -2.15. The summed E-state index contributed by atoms with van der Waals surface area (Å²) in [7, 11) is 2.91. The van der Waals surface area contributed by atoms with Crippen LogP contribution in [0, 0.1) is 0 Å². The molecule has 8 nitrogen and oxygen atoms in total. The molecule has 0 heterocycles. The van der Waals surface area contributed by atoms with Crippen molar-refractivity contribution in [3.8, 4) is 11.5 Å². The van der Waals surface area contributed by atoms with Gasteiger partial charge in [0, 0.05) is 18.3 Å². The van der Waals surface area contributed by atoms with E-state index in [0.29, 0.717) is 22.9 Å². The number of anilines is 2. The smallest absolute Gasteiger partial charge is 0.342 e. The third kappa shape index (κ3) is 5.47. The fourth-order valence-electron chi connectivity index (χ4n) is 2.34. The number of amides is 2. The van der Waals surface area contributed by atoms with Crippen LogP contribution in [0.25, 0.3) is 0 Å². The van der Waals surface area contributed by atoms with Crippen LogP contribution in [-0.4, -0.2) is 38.1 Å². The van der Waals surface area contributed by atoms with Gasteiger partial charge in [-0.25, -0.2) is 4.79 Å². The minimum atomic E-state index is -1.04. The summed E-state index contributed by atoms with van der Waals surface area (Å²) in [6.07, 6.45) is -1.04. The quantitative estimate of drug-likeness (QED) is 0.710. The first-order valence-electron chi connectivity index (χ1n) is 8.45. The minimum Gasteiger partial charge on any atom is -0.497 e. The van der Waals surface area contributed by atoms with Gasteiger partial charge in [-0.15, -0.1) is 0 Å². The van der Waals surface area contributed by atoms with E-state index in [4.69, 9.17) is 14.2 Å². The van der Waals surface area contributed by atoms with Crippen LogP contribution in [0.15, 0.2) is 42.5 Å². The van der Waals surface area contributed by atoms with E-state index in [1.807, 2.05) is 0 Å². The summed E-state index contributed by atoms with van der Waals surface area (Å²) in [6.45, 7) is 2.87. The Morgan fingerprint density at radius 3 is 2.04 bits per heavy atom. The molecule has 1 atom stereocenters. The molecule has 0 bridgehead atoms. The second-order valence-corrected chi connectivity index (χ2v) is 5.86. The molecule has 2 rings (SSSR count). The summed E-state index contributed by atoms with van der Waals surface area (Å²) >= 11 is 0. The van der Waals surface area contributed by atoms with Crippen molar-refractivity contribution >= 4 is 29.2 Å². The van der Waals surface area contributed by atoms with Crippen molar-refractivity contribution in [2.45, 2.75) is 20.0 Å². The predicted molar refractivity (Wildman–Crippen MR) is 104 cm³/mol. The maximum atomic E-state index is 12.4. The van der Waals surface area contributed by atoms with Gasteiger partial charge < -0.3 is 24.8 Å².